The van der Waals surface area contributed by atoms with Gasteiger partial charge in [0.15, 0.2) is 0 Å². The highest BCUT2D eigenvalue weighted by Crippen LogP contribution is 2.57. The monoisotopic (exact) mass is 300 g/mol. The molecule has 3 aliphatic rings. The largest absolute Gasteiger partial charge is 0.545 e. The van der Waals surface area contributed by atoms with Crippen LogP contribution >= 0.6 is 0 Å². The van der Waals surface area contributed by atoms with Crippen molar-refractivity contribution in [3.8, 4) is 0 Å². The van der Waals surface area contributed by atoms with Crippen molar-refractivity contribution >= 4 is 23.5 Å². The zero-order valence-corrected chi connectivity index (χ0v) is 11.7. The van der Waals surface area contributed by atoms with Gasteiger partial charge in [0.05, 0.1) is 17.8 Å². The van der Waals surface area contributed by atoms with Crippen LogP contribution in [0.4, 0.5) is 5.69 Å². The smallest absolute Gasteiger partial charge is 0.310 e. The van der Waals surface area contributed by atoms with Crippen molar-refractivity contribution in [2.45, 2.75) is 18.9 Å². The van der Waals surface area contributed by atoms with Crippen molar-refractivity contribution in [1.82, 2.24) is 0 Å². The minimum absolute atomic E-state index is 0.00563. The van der Waals surface area contributed by atoms with Crippen LogP contribution in [0.15, 0.2) is 24.3 Å². The fourth-order valence-electron chi connectivity index (χ4n) is 4.31. The molecule has 22 heavy (non-hydrogen) atoms. The van der Waals surface area contributed by atoms with E-state index in [1.165, 1.54) is 12.1 Å². The number of hydrogen-bond acceptors (Lipinski definition) is 5. The summed E-state index contributed by atoms with van der Waals surface area (Å²) in [4.78, 5) is 35.3. The summed E-state index contributed by atoms with van der Waals surface area (Å²) in [7, 11) is 0. The number of carbonyl (C=O) groups excluding carboxylic acids is 3. The highest BCUT2D eigenvalue weighted by molar-refractivity contribution is 5.98. The first-order valence-corrected chi connectivity index (χ1v) is 7.37. The zero-order chi connectivity index (χ0) is 15.4. The number of carboxylic acids is 1. The molecule has 1 aliphatic heterocycles. The second-order valence-electron chi connectivity index (χ2n) is 6.28. The molecule has 3 fully saturated rings. The summed E-state index contributed by atoms with van der Waals surface area (Å²) in [6, 6.07) is 5.92. The molecule has 1 N–H and O–H groups in total. The van der Waals surface area contributed by atoms with Crippen molar-refractivity contribution in [3.05, 3.63) is 29.8 Å². The Labute approximate surface area is 126 Å². The van der Waals surface area contributed by atoms with Gasteiger partial charge >= 0.3 is 5.97 Å². The van der Waals surface area contributed by atoms with Gasteiger partial charge < -0.3 is 20.0 Å². The maximum absolute atomic E-state index is 12.5. The van der Waals surface area contributed by atoms with E-state index in [1.807, 2.05) is 0 Å². The number of rotatable bonds is 3. The molecule has 1 saturated heterocycles. The Morgan fingerprint density at radius 3 is 2.86 bits per heavy atom. The number of anilines is 1. The third kappa shape index (κ3) is 1.83. The quantitative estimate of drug-likeness (QED) is 0.804. The number of benzene rings is 1. The molecule has 0 unspecified atom stereocenters. The standard InChI is InChI=1S/C16H15NO5/c18-14(17-9-3-1-2-7(4-9)15(19)20)12-8-5-10-11(6-8)22-16(21)13(10)12/h1-4,8,10-13H,5-6H2,(H,17,18)(H,19,20)/p-1/t8-,10-,11-,12-,13+/m1/s1. The molecule has 6 nitrogen and oxygen atoms in total. The molecule has 114 valence electrons. The Kier molecular flexibility index (Phi) is 2.76. The van der Waals surface area contributed by atoms with E-state index in [4.69, 9.17) is 4.74 Å². The van der Waals surface area contributed by atoms with E-state index in [0.717, 1.165) is 12.8 Å². The molecule has 2 bridgehead atoms. The number of carboxylic acid groups (broad SMARTS) is 1. The predicted octanol–water partition coefficient (Wildman–Crippen LogP) is 0.186. The number of hydrogen-bond donors (Lipinski definition) is 1. The molecule has 2 aliphatic carbocycles. The Bertz CT molecular complexity index is 683. The van der Waals surface area contributed by atoms with Crippen molar-refractivity contribution in [1.29, 1.82) is 0 Å². The lowest BCUT2D eigenvalue weighted by Gasteiger charge is -2.23. The molecular weight excluding hydrogens is 286 g/mol. The fraction of sp³-hybridized carbons (Fsp3) is 0.438. The number of esters is 1. The normalized spacial score (nSPS) is 34.5. The summed E-state index contributed by atoms with van der Waals surface area (Å²) in [6.45, 7) is 0. The molecule has 0 aromatic heterocycles. The summed E-state index contributed by atoms with van der Waals surface area (Å²) in [5.74, 6) is -2.16. The molecule has 1 aromatic rings. The minimum Gasteiger partial charge on any atom is -0.545 e. The zero-order valence-electron chi connectivity index (χ0n) is 11.7. The highest BCUT2D eigenvalue weighted by atomic mass is 16.6. The van der Waals surface area contributed by atoms with Gasteiger partial charge in [-0.2, -0.15) is 0 Å². The van der Waals surface area contributed by atoms with E-state index < -0.39 is 5.97 Å². The highest BCUT2D eigenvalue weighted by Gasteiger charge is 2.63. The molecule has 0 spiro atoms. The number of nitrogens with one attached hydrogen (secondary N) is 1. The van der Waals surface area contributed by atoms with Gasteiger partial charge in [0.2, 0.25) is 5.91 Å². The van der Waals surface area contributed by atoms with Crippen molar-refractivity contribution < 1.29 is 24.2 Å². The minimum atomic E-state index is -1.29. The van der Waals surface area contributed by atoms with Crippen LogP contribution in [0.25, 0.3) is 0 Å². The average molecular weight is 300 g/mol. The Morgan fingerprint density at radius 1 is 1.27 bits per heavy atom. The summed E-state index contributed by atoms with van der Waals surface area (Å²) < 4.78 is 5.32. The topological polar surface area (TPSA) is 95.5 Å². The molecule has 2 saturated carbocycles. The second kappa shape index (κ2) is 4.56. The first-order chi connectivity index (χ1) is 10.5. The Morgan fingerprint density at radius 2 is 2.09 bits per heavy atom. The van der Waals surface area contributed by atoms with Crippen molar-refractivity contribution in [3.63, 3.8) is 0 Å². The number of ether oxygens (including phenoxy) is 1. The van der Waals surface area contributed by atoms with E-state index in [-0.39, 0.29) is 47.2 Å². The van der Waals surface area contributed by atoms with E-state index in [1.54, 1.807) is 12.1 Å². The summed E-state index contributed by atoms with van der Waals surface area (Å²) in [5.41, 5.74) is 0.406. The second-order valence-corrected chi connectivity index (χ2v) is 6.28. The number of aromatic carboxylic acids is 1. The van der Waals surface area contributed by atoms with Gasteiger partial charge in [0.25, 0.3) is 0 Å². The van der Waals surface area contributed by atoms with Gasteiger partial charge in [-0.3, -0.25) is 9.59 Å². The molecule has 5 atom stereocenters. The fourth-order valence-corrected chi connectivity index (χ4v) is 4.31. The number of fused-ring (bicyclic) bond motifs is 1. The lowest BCUT2D eigenvalue weighted by Crippen LogP contribution is -2.35. The van der Waals surface area contributed by atoms with Crippen LogP contribution in [-0.4, -0.2) is 23.9 Å². The average Bonchev–Trinajstić information content (AvgIpc) is 3.08. The third-order valence-electron chi connectivity index (χ3n) is 5.15. The summed E-state index contributed by atoms with van der Waals surface area (Å²) in [6.07, 6.45) is 1.61. The molecule has 1 amide bonds. The van der Waals surface area contributed by atoms with Crippen LogP contribution in [-0.2, 0) is 14.3 Å². The van der Waals surface area contributed by atoms with E-state index >= 15 is 0 Å². The van der Waals surface area contributed by atoms with E-state index in [2.05, 4.69) is 5.32 Å². The van der Waals surface area contributed by atoms with E-state index in [0.29, 0.717) is 5.69 Å². The molecular formula is C16H14NO5-. The van der Waals surface area contributed by atoms with Crippen LogP contribution in [0.2, 0.25) is 0 Å². The van der Waals surface area contributed by atoms with Crippen LogP contribution in [0, 0.1) is 23.7 Å². The SMILES string of the molecule is O=C([O-])c1cccc(NC(=O)[C@@H]2[C@@H]3C[C@H]4[C@@H]2C(=O)O[C@@H]4C3)c1. The van der Waals surface area contributed by atoms with Crippen molar-refractivity contribution in [2.24, 2.45) is 23.7 Å². The van der Waals surface area contributed by atoms with Crippen LogP contribution in [0.1, 0.15) is 23.2 Å². The molecule has 0 radical (unpaired) electrons. The van der Waals surface area contributed by atoms with Crippen LogP contribution in [0.5, 0.6) is 0 Å². The van der Waals surface area contributed by atoms with Crippen LogP contribution < -0.4 is 10.4 Å². The van der Waals surface area contributed by atoms with Crippen LogP contribution in [0.3, 0.4) is 0 Å². The van der Waals surface area contributed by atoms with E-state index in [9.17, 15) is 19.5 Å². The van der Waals surface area contributed by atoms with Gasteiger partial charge in [-0.1, -0.05) is 12.1 Å². The summed E-state index contributed by atoms with van der Waals surface area (Å²) in [5, 5.41) is 13.6. The van der Waals surface area contributed by atoms with Gasteiger partial charge in [-0.05, 0) is 36.5 Å². The first-order valence-electron chi connectivity index (χ1n) is 7.37. The number of carbonyl (C=O) groups is 3. The van der Waals surface area contributed by atoms with Crippen molar-refractivity contribution in [2.75, 3.05) is 5.32 Å². The molecule has 4 rings (SSSR count). The van der Waals surface area contributed by atoms with Gasteiger partial charge in [0, 0.05) is 11.6 Å². The Balaban J connectivity index is 1.55. The lowest BCUT2D eigenvalue weighted by molar-refractivity contribution is -0.255. The maximum Gasteiger partial charge on any atom is 0.310 e. The lowest BCUT2D eigenvalue weighted by atomic mass is 9.79. The first kappa shape index (κ1) is 13.3. The van der Waals surface area contributed by atoms with Gasteiger partial charge in [0.1, 0.15) is 6.10 Å². The molecule has 1 heterocycles. The maximum atomic E-state index is 12.5. The molecule has 1 aromatic carbocycles. The Hall–Kier alpha value is -2.37. The van der Waals surface area contributed by atoms with Gasteiger partial charge in [-0.15, -0.1) is 0 Å². The predicted molar refractivity (Wildman–Crippen MR) is 72.5 cm³/mol. The third-order valence-corrected chi connectivity index (χ3v) is 5.15. The van der Waals surface area contributed by atoms with Gasteiger partial charge in [-0.25, -0.2) is 0 Å². The summed E-state index contributed by atoms with van der Waals surface area (Å²) >= 11 is 0. The number of amides is 1. The molecule has 6 heteroatoms.